The zero-order chi connectivity index (χ0) is 41.9. The van der Waals surface area contributed by atoms with Gasteiger partial charge in [-0.05, 0) is 76.9 Å². The van der Waals surface area contributed by atoms with Crippen LogP contribution in [0.5, 0.6) is 0 Å². The summed E-state index contributed by atoms with van der Waals surface area (Å²) in [5.74, 6) is 0. The summed E-state index contributed by atoms with van der Waals surface area (Å²) >= 11 is 1.80. The second-order valence-corrected chi connectivity index (χ2v) is 17.3. The lowest BCUT2D eigenvalue weighted by molar-refractivity contribution is 0.443. The SMILES string of the molecule is NC(/C=C(\N=CC1NC(n2c3ccccc3c3ccc(-c4ccc5c(c4)c4ccccc4n5-c4ccccc4)cc32)Nc2c1sc1ccccc21)c1ccccc1)c1ccccc1. The molecule has 0 aliphatic carbocycles. The standard InChI is InChI=1S/C56H42N6S/c57-46(36-16-4-1-5-17-36)34-47(37-18-6-2-7-19-37)58-35-48-55-54(44-24-12-15-27-53(44)63-55)60-56(59-48)62-50-26-14-10-22-41(50)43-30-28-39(33-52(43)62)38-29-31-51-45(32-38)42-23-11-13-25-49(42)61(51)40-20-8-3-9-21-40/h1-35,46,48,56,59-60H,57H2/b47-34-,58-35?. The smallest absolute Gasteiger partial charge is 0.160 e. The van der Waals surface area contributed by atoms with Crippen molar-refractivity contribution < 1.29 is 0 Å². The van der Waals surface area contributed by atoms with Gasteiger partial charge in [0, 0.05) is 43.5 Å². The average Bonchev–Trinajstić information content (AvgIpc) is 4.01. The Labute approximate surface area is 368 Å². The third-order valence-corrected chi connectivity index (χ3v) is 13.7. The van der Waals surface area contributed by atoms with Gasteiger partial charge in [0.2, 0.25) is 0 Å². The van der Waals surface area contributed by atoms with Crippen LogP contribution in [0, 0.1) is 0 Å². The van der Waals surface area contributed by atoms with E-state index in [-0.39, 0.29) is 18.4 Å². The van der Waals surface area contributed by atoms with Gasteiger partial charge in [0.05, 0.1) is 50.4 Å². The van der Waals surface area contributed by atoms with Gasteiger partial charge < -0.3 is 20.2 Å². The van der Waals surface area contributed by atoms with Gasteiger partial charge in [-0.15, -0.1) is 11.3 Å². The number of aromatic nitrogens is 2. The average molecular weight is 831 g/mol. The highest BCUT2D eigenvalue weighted by molar-refractivity contribution is 7.20. The Hall–Kier alpha value is -7.55. The van der Waals surface area contributed by atoms with Crippen molar-refractivity contribution in [2.75, 3.05) is 5.32 Å². The lowest BCUT2D eigenvalue weighted by atomic mass is 10.0. The van der Waals surface area contributed by atoms with E-state index in [4.69, 9.17) is 10.7 Å². The Morgan fingerprint density at radius 2 is 1.17 bits per heavy atom. The Bertz CT molecular complexity index is 3550. The number of nitrogens with two attached hydrogens (primary N) is 1. The van der Waals surface area contributed by atoms with Crippen molar-refractivity contribution >= 4 is 82.6 Å². The zero-order valence-electron chi connectivity index (χ0n) is 34.3. The summed E-state index contributed by atoms with van der Waals surface area (Å²) in [4.78, 5) is 6.47. The normalized spacial score (nSPS) is 16.0. The molecule has 4 N–H and O–H groups in total. The van der Waals surface area contributed by atoms with Gasteiger partial charge in [-0.3, -0.25) is 10.3 Å². The Morgan fingerprint density at radius 1 is 0.571 bits per heavy atom. The maximum absolute atomic E-state index is 6.81. The second-order valence-electron chi connectivity index (χ2n) is 16.2. The van der Waals surface area contributed by atoms with Crippen molar-refractivity contribution in [2.45, 2.75) is 18.4 Å². The predicted molar refractivity (Wildman–Crippen MR) is 266 cm³/mol. The number of hydrogen-bond donors (Lipinski definition) is 3. The van der Waals surface area contributed by atoms with E-state index in [1.54, 1.807) is 11.3 Å². The third kappa shape index (κ3) is 6.45. The molecule has 6 nitrogen and oxygen atoms in total. The maximum Gasteiger partial charge on any atom is 0.160 e. The highest BCUT2D eigenvalue weighted by atomic mass is 32.1. The number of nitrogens with one attached hydrogen (secondary N) is 2. The first-order valence-corrected chi connectivity index (χ1v) is 22.3. The molecule has 0 spiro atoms. The number of benzene rings is 8. The van der Waals surface area contributed by atoms with Crippen LogP contribution in [0.25, 0.3) is 76.2 Å². The number of para-hydroxylation sites is 3. The van der Waals surface area contributed by atoms with Crippen molar-refractivity contribution in [1.82, 2.24) is 14.5 Å². The maximum atomic E-state index is 6.81. The molecule has 12 rings (SSSR count). The molecule has 0 amide bonds. The minimum atomic E-state index is -0.317. The highest BCUT2D eigenvalue weighted by Gasteiger charge is 2.31. The van der Waals surface area contributed by atoms with E-state index in [9.17, 15) is 0 Å². The number of hydrogen-bond acceptors (Lipinski definition) is 5. The van der Waals surface area contributed by atoms with E-state index in [1.807, 2.05) is 36.4 Å². The molecule has 0 saturated carbocycles. The summed E-state index contributed by atoms with van der Waals surface area (Å²) < 4.78 is 6.03. The molecular weight excluding hydrogens is 789 g/mol. The zero-order valence-corrected chi connectivity index (χ0v) is 35.1. The van der Waals surface area contributed by atoms with E-state index >= 15 is 0 Å². The quantitative estimate of drug-likeness (QED) is 0.134. The summed E-state index contributed by atoms with van der Waals surface area (Å²) in [5, 5.41) is 14.1. The molecule has 4 heterocycles. The third-order valence-electron chi connectivity index (χ3n) is 12.5. The number of nitrogens with zero attached hydrogens (tertiary/aromatic N) is 3. The molecule has 7 heteroatoms. The number of anilines is 1. The molecule has 1 aliphatic rings. The fourth-order valence-corrected chi connectivity index (χ4v) is 10.7. The summed E-state index contributed by atoms with van der Waals surface area (Å²) in [5.41, 5.74) is 19.0. The second kappa shape index (κ2) is 15.4. The van der Waals surface area contributed by atoms with Gasteiger partial charge in [0.15, 0.2) is 6.29 Å². The molecule has 0 saturated heterocycles. The molecular formula is C56H42N6S. The lowest BCUT2D eigenvalue weighted by Gasteiger charge is -2.33. The molecule has 0 radical (unpaired) electrons. The molecule has 302 valence electrons. The van der Waals surface area contributed by atoms with Gasteiger partial charge in [-0.25, -0.2) is 0 Å². The van der Waals surface area contributed by atoms with E-state index in [0.29, 0.717) is 0 Å². The molecule has 11 aromatic rings. The molecule has 1 aliphatic heterocycles. The molecule has 8 aromatic carbocycles. The molecule has 3 aromatic heterocycles. The van der Waals surface area contributed by atoms with E-state index < -0.39 is 0 Å². The van der Waals surface area contributed by atoms with Crippen LogP contribution in [0.3, 0.4) is 0 Å². The van der Waals surface area contributed by atoms with Crippen molar-refractivity contribution in [1.29, 1.82) is 0 Å². The van der Waals surface area contributed by atoms with Crippen molar-refractivity contribution in [3.05, 3.63) is 222 Å². The molecule has 0 bridgehead atoms. The van der Waals surface area contributed by atoms with Crippen LogP contribution < -0.4 is 16.4 Å². The summed E-state index contributed by atoms with van der Waals surface area (Å²) in [7, 11) is 0. The predicted octanol–water partition coefficient (Wildman–Crippen LogP) is 13.8. The highest BCUT2D eigenvalue weighted by Crippen LogP contribution is 2.45. The minimum absolute atomic E-state index is 0.201. The Balaban J connectivity index is 0.991. The van der Waals surface area contributed by atoms with Crippen LogP contribution in [-0.2, 0) is 0 Å². The van der Waals surface area contributed by atoms with Crippen molar-refractivity contribution in [3.8, 4) is 16.8 Å². The Kier molecular flexibility index (Phi) is 9.11. The molecule has 3 atom stereocenters. The van der Waals surface area contributed by atoms with Crippen LogP contribution in [0.15, 0.2) is 211 Å². The van der Waals surface area contributed by atoms with Crippen LogP contribution in [0.1, 0.15) is 34.4 Å². The number of rotatable bonds is 8. The fourth-order valence-electron chi connectivity index (χ4n) is 9.49. The van der Waals surface area contributed by atoms with Gasteiger partial charge in [-0.2, -0.15) is 0 Å². The van der Waals surface area contributed by atoms with Gasteiger partial charge in [0.1, 0.15) is 0 Å². The van der Waals surface area contributed by atoms with Crippen molar-refractivity contribution in [3.63, 3.8) is 0 Å². The van der Waals surface area contributed by atoms with Gasteiger partial charge in [0.25, 0.3) is 0 Å². The first-order valence-electron chi connectivity index (χ1n) is 21.4. The van der Waals surface area contributed by atoms with E-state index in [1.165, 1.54) is 53.1 Å². The number of fused-ring (bicyclic) bond motifs is 9. The van der Waals surface area contributed by atoms with Crippen molar-refractivity contribution in [2.24, 2.45) is 10.7 Å². The van der Waals surface area contributed by atoms with E-state index in [0.717, 1.165) is 44.8 Å². The summed E-state index contributed by atoms with van der Waals surface area (Å²) in [6.45, 7) is 0. The Morgan fingerprint density at radius 3 is 1.97 bits per heavy atom. The first kappa shape index (κ1) is 37.2. The van der Waals surface area contributed by atoms with E-state index in [2.05, 4.69) is 196 Å². The van der Waals surface area contributed by atoms with Crippen LogP contribution >= 0.6 is 11.3 Å². The number of thiophene rings is 1. The largest absolute Gasteiger partial charge is 0.351 e. The summed E-state index contributed by atoms with van der Waals surface area (Å²) in [6.07, 6.45) is 3.84. The van der Waals surface area contributed by atoms with Crippen LogP contribution in [0.4, 0.5) is 5.69 Å². The molecule has 63 heavy (non-hydrogen) atoms. The first-order chi connectivity index (χ1) is 31.2. The minimum Gasteiger partial charge on any atom is -0.351 e. The topological polar surface area (TPSA) is 72.3 Å². The van der Waals surface area contributed by atoms with Crippen LogP contribution in [0.2, 0.25) is 0 Å². The fraction of sp³-hybridized carbons (Fsp3) is 0.0536. The van der Waals surface area contributed by atoms with Gasteiger partial charge in [-0.1, -0.05) is 152 Å². The molecule has 3 unspecified atom stereocenters. The lowest BCUT2D eigenvalue weighted by Crippen LogP contribution is -2.40. The summed E-state index contributed by atoms with van der Waals surface area (Å²) in [6, 6.07) is 70.6. The molecule has 0 fully saturated rings. The van der Waals surface area contributed by atoms with Crippen LogP contribution in [-0.4, -0.2) is 15.3 Å². The monoisotopic (exact) mass is 830 g/mol. The van der Waals surface area contributed by atoms with Gasteiger partial charge >= 0.3 is 0 Å². The number of aliphatic imine (C=N–C) groups is 1.